The first-order chi connectivity index (χ1) is 7.75. The predicted molar refractivity (Wildman–Crippen MR) is 68.7 cm³/mol. The molecule has 16 heavy (non-hydrogen) atoms. The SMILES string of the molecule is NC1(CCN2CCc3sccc3C2)CCC1. The van der Waals surface area contributed by atoms with E-state index >= 15 is 0 Å². The van der Waals surface area contributed by atoms with Gasteiger partial charge in [-0.05, 0) is 49.1 Å². The van der Waals surface area contributed by atoms with E-state index in [-0.39, 0.29) is 5.54 Å². The van der Waals surface area contributed by atoms with Gasteiger partial charge in [0.05, 0.1) is 0 Å². The van der Waals surface area contributed by atoms with Crippen LogP contribution in [-0.2, 0) is 13.0 Å². The van der Waals surface area contributed by atoms with Gasteiger partial charge in [-0.3, -0.25) is 4.90 Å². The summed E-state index contributed by atoms with van der Waals surface area (Å²) in [7, 11) is 0. The Morgan fingerprint density at radius 2 is 2.31 bits per heavy atom. The van der Waals surface area contributed by atoms with Crippen LogP contribution in [-0.4, -0.2) is 23.5 Å². The fraction of sp³-hybridized carbons (Fsp3) is 0.692. The molecule has 0 saturated heterocycles. The maximum Gasteiger partial charge on any atom is 0.0244 e. The van der Waals surface area contributed by atoms with Crippen molar-refractivity contribution in [1.82, 2.24) is 4.90 Å². The highest BCUT2D eigenvalue weighted by Crippen LogP contribution is 2.33. The minimum Gasteiger partial charge on any atom is -0.325 e. The van der Waals surface area contributed by atoms with Gasteiger partial charge in [-0.1, -0.05) is 0 Å². The van der Waals surface area contributed by atoms with Crippen LogP contribution in [0.5, 0.6) is 0 Å². The van der Waals surface area contributed by atoms with Gasteiger partial charge in [0, 0.05) is 30.1 Å². The second-order valence-corrected chi connectivity index (χ2v) is 6.36. The van der Waals surface area contributed by atoms with Crippen LogP contribution in [0, 0.1) is 0 Å². The van der Waals surface area contributed by atoms with Crippen molar-refractivity contribution in [3.05, 3.63) is 21.9 Å². The van der Waals surface area contributed by atoms with E-state index in [1.807, 2.05) is 11.3 Å². The van der Waals surface area contributed by atoms with Gasteiger partial charge in [0.1, 0.15) is 0 Å². The molecule has 88 valence electrons. The number of hydrogen-bond acceptors (Lipinski definition) is 3. The molecule has 2 N–H and O–H groups in total. The number of nitrogens with zero attached hydrogens (tertiary/aromatic N) is 1. The summed E-state index contributed by atoms with van der Waals surface area (Å²) in [5.41, 5.74) is 8.01. The zero-order valence-corrected chi connectivity index (χ0v) is 10.6. The molecule has 1 fully saturated rings. The molecule has 0 bridgehead atoms. The van der Waals surface area contributed by atoms with Crippen LogP contribution in [0.25, 0.3) is 0 Å². The molecule has 2 aliphatic rings. The van der Waals surface area contributed by atoms with Crippen molar-refractivity contribution in [3.63, 3.8) is 0 Å². The van der Waals surface area contributed by atoms with E-state index in [0.29, 0.717) is 0 Å². The van der Waals surface area contributed by atoms with Crippen molar-refractivity contribution in [2.75, 3.05) is 13.1 Å². The van der Waals surface area contributed by atoms with E-state index in [0.717, 1.165) is 6.54 Å². The van der Waals surface area contributed by atoms with Crippen LogP contribution >= 0.6 is 11.3 Å². The molecule has 0 spiro atoms. The van der Waals surface area contributed by atoms with Gasteiger partial charge in [-0.25, -0.2) is 0 Å². The number of fused-ring (bicyclic) bond motifs is 1. The predicted octanol–water partition coefficient (Wildman–Crippen LogP) is 2.38. The minimum atomic E-state index is 0.189. The fourth-order valence-corrected chi connectivity index (χ4v) is 3.65. The van der Waals surface area contributed by atoms with E-state index in [2.05, 4.69) is 16.3 Å². The monoisotopic (exact) mass is 236 g/mol. The third-order valence-electron chi connectivity index (χ3n) is 4.16. The van der Waals surface area contributed by atoms with Gasteiger partial charge in [0.25, 0.3) is 0 Å². The third kappa shape index (κ3) is 2.04. The van der Waals surface area contributed by atoms with E-state index in [4.69, 9.17) is 5.73 Å². The molecule has 0 amide bonds. The standard InChI is InChI=1S/C13H20N2S/c14-13(4-1-5-13)6-8-15-7-2-12-11(10-15)3-9-16-12/h3,9H,1-2,4-8,10,14H2. The average Bonchev–Trinajstić information content (AvgIpc) is 2.70. The van der Waals surface area contributed by atoms with Crippen molar-refractivity contribution in [2.45, 2.75) is 44.2 Å². The van der Waals surface area contributed by atoms with E-state index in [9.17, 15) is 0 Å². The summed E-state index contributed by atoms with van der Waals surface area (Å²) in [6.45, 7) is 3.56. The summed E-state index contributed by atoms with van der Waals surface area (Å²) in [5, 5.41) is 2.23. The van der Waals surface area contributed by atoms with E-state index in [1.165, 1.54) is 45.2 Å². The van der Waals surface area contributed by atoms with Crippen LogP contribution in [0.15, 0.2) is 11.4 Å². The van der Waals surface area contributed by atoms with Gasteiger partial charge in [0.2, 0.25) is 0 Å². The van der Waals surface area contributed by atoms with Crippen molar-refractivity contribution < 1.29 is 0 Å². The Kier molecular flexibility index (Phi) is 2.78. The Labute approximate surface area is 101 Å². The van der Waals surface area contributed by atoms with Crippen molar-refractivity contribution in [2.24, 2.45) is 5.73 Å². The lowest BCUT2D eigenvalue weighted by molar-refractivity contribution is 0.173. The summed E-state index contributed by atoms with van der Waals surface area (Å²) in [4.78, 5) is 4.17. The largest absolute Gasteiger partial charge is 0.325 e. The first-order valence-electron chi connectivity index (χ1n) is 6.32. The summed E-state index contributed by atoms with van der Waals surface area (Å²) < 4.78 is 0. The summed E-state index contributed by atoms with van der Waals surface area (Å²) in [6.07, 6.45) is 6.25. The lowest BCUT2D eigenvalue weighted by Crippen LogP contribution is -2.49. The highest BCUT2D eigenvalue weighted by atomic mass is 32.1. The van der Waals surface area contributed by atoms with Gasteiger partial charge in [-0.15, -0.1) is 11.3 Å². The molecule has 3 heteroatoms. The molecule has 2 nitrogen and oxygen atoms in total. The highest BCUT2D eigenvalue weighted by Gasteiger charge is 2.32. The summed E-state index contributed by atoms with van der Waals surface area (Å²) >= 11 is 1.92. The first kappa shape index (κ1) is 10.8. The molecule has 1 aliphatic heterocycles. The number of rotatable bonds is 3. The Morgan fingerprint density at radius 3 is 3.06 bits per heavy atom. The van der Waals surface area contributed by atoms with Gasteiger partial charge < -0.3 is 5.73 Å². The molecule has 0 aromatic carbocycles. The average molecular weight is 236 g/mol. The fourth-order valence-electron chi connectivity index (χ4n) is 2.76. The maximum absolute atomic E-state index is 6.27. The first-order valence-corrected chi connectivity index (χ1v) is 7.20. The lowest BCUT2D eigenvalue weighted by Gasteiger charge is -2.40. The summed E-state index contributed by atoms with van der Waals surface area (Å²) in [5.74, 6) is 0. The minimum absolute atomic E-state index is 0.189. The zero-order valence-electron chi connectivity index (χ0n) is 9.74. The van der Waals surface area contributed by atoms with Crippen LogP contribution in [0.4, 0.5) is 0 Å². The van der Waals surface area contributed by atoms with Crippen molar-refractivity contribution in [1.29, 1.82) is 0 Å². The highest BCUT2D eigenvalue weighted by molar-refractivity contribution is 7.10. The molecule has 2 heterocycles. The lowest BCUT2D eigenvalue weighted by atomic mass is 9.75. The maximum atomic E-state index is 6.27. The molecule has 1 saturated carbocycles. The Morgan fingerprint density at radius 1 is 1.44 bits per heavy atom. The Hall–Kier alpha value is -0.380. The van der Waals surface area contributed by atoms with Crippen molar-refractivity contribution in [3.8, 4) is 0 Å². The molecule has 0 atom stereocenters. The molecule has 1 aromatic rings. The number of hydrogen-bond donors (Lipinski definition) is 1. The topological polar surface area (TPSA) is 29.3 Å². The van der Waals surface area contributed by atoms with E-state index < -0.39 is 0 Å². The van der Waals surface area contributed by atoms with Crippen LogP contribution in [0.3, 0.4) is 0 Å². The summed E-state index contributed by atoms with van der Waals surface area (Å²) in [6, 6.07) is 2.29. The molecule has 3 rings (SSSR count). The molecule has 0 radical (unpaired) electrons. The van der Waals surface area contributed by atoms with Gasteiger partial charge >= 0.3 is 0 Å². The van der Waals surface area contributed by atoms with Crippen molar-refractivity contribution >= 4 is 11.3 Å². The Balaban J connectivity index is 1.54. The second kappa shape index (κ2) is 4.13. The normalized spacial score (nSPS) is 23.8. The number of nitrogens with two attached hydrogens (primary N) is 1. The van der Waals surface area contributed by atoms with Gasteiger partial charge in [-0.2, -0.15) is 0 Å². The molecular weight excluding hydrogens is 216 g/mol. The van der Waals surface area contributed by atoms with Gasteiger partial charge in [0.15, 0.2) is 0 Å². The smallest absolute Gasteiger partial charge is 0.0244 e. The van der Waals surface area contributed by atoms with Crippen LogP contribution in [0.1, 0.15) is 36.1 Å². The van der Waals surface area contributed by atoms with Crippen LogP contribution in [0.2, 0.25) is 0 Å². The second-order valence-electron chi connectivity index (χ2n) is 5.36. The van der Waals surface area contributed by atoms with E-state index in [1.54, 1.807) is 10.4 Å². The Bertz CT molecular complexity index is 368. The molecule has 1 aliphatic carbocycles. The zero-order chi connectivity index (χ0) is 11.0. The quantitative estimate of drug-likeness (QED) is 0.873. The number of thiophene rings is 1. The third-order valence-corrected chi connectivity index (χ3v) is 5.18. The molecule has 1 aromatic heterocycles. The molecule has 0 unspecified atom stereocenters. The molecular formula is C13H20N2S. The van der Waals surface area contributed by atoms with Crippen LogP contribution < -0.4 is 5.73 Å².